The van der Waals surface area contributed by atoms with Crippen molar-refractivity contribution in [3.63, 3.8) is 0 Å². The number of fused-ring (bicyclic) bond motifs is 2. The Bertz CT molecular complexity index is 521. The monoisotopic (exact) mass is 414 g/mol. The number of hydrogen-bond acceptors (Lipinski definition) is 7. The number of rotatable bonds is 1. The van der Waals surface area contributed by atoms with Gasteiger partial charge in [0.2, 0.25) is 0 Å². The standard InChI is InChI=1S/C12H20O5.C7H12O.C3H6O/c1-12(2)15-6-11-10(17-12)4-8-9(16-11)3-7(13)5-14-8;1-6-3-4-8-5-7(6)2;1-2-3-4/h7-11,13H,3-6H2,1-2H3;6H,2-5H2,1H3;3H,2H2,1H3/t7?,8-,9-,10?,11?;;/m0../s1. The van der Waals surface area contributed by atoms with E-state index in [0.717, 1.165) is 32.3 Å². The number of carbonyl (C=O) groups excluding carboxylic acids is 1. The van der Waals surface area contributed by atoms with Crippen molar-refractivity contribution < 1.29 is 33.6 Å². The Morgan fingerprint density at radius 1 is 1.17 bits per heavy atom. The van der Waals surface area contributed by atoms with Crippen molar-refractivity contribution in [2.45, 2.75) is 89.7 Å². The van der Waals surface area contributed by atoms with E-state index < -0.39 is 11.9 Å². The summed E-state index contributed by atoms with van der Waals surface area (Å²) in [7, 11) is 0. The van der Waals surface area contributed by atoms with Crippen LogP contribution in [0.3, 0.4) is 0 Å². The Hall–Kier alpha value is -0.830. The summed E-state index contributed by atoms with van der Waals surface area (Å²) in [6.07, 6.45) is 3.77. The molecule has 29 heavy (non-hydrogen) atoms. The molecule has 0 spiro atoms. The summed E-state index contributed by atoms with van der Waals surface area (Å²) in [5.74, 6) is 0.148. The number of hydrogen-bond donors (Lipinski definition) is 1. The Morgan fingerprint density at radius 2 is 1.90 bits per heavy atom. The molecular formula is C22H38O7. The molecule has 0 aliphatic carbocycles. The second-order valence-electron chi connectivity index (χ2n) is 8.55. The van der Waals surface area contributed by atoms with Gasteiger partial charge in [0.05, 0.1) is 44.2 Å². The van der Waals surface area contributed by atoms with Crippen LogP contribution in [0.15, 0.2) is 12.2 Å². The molecule has 4 heterocycles. The molecule has 4 rings (SSSR count). The van der Waals surface area contributed by atoms with Crippen LogP contribution in [0.4, 0.5) is 0 Å². The maximum Gasteiger partial charge on any atom is 0.163 e. The number of aldehydes is 1. The third-order valence-electron chi connectivity index (χ3n) is 5.53. The minimum Gasteiger partial charge on any atom is -0.391 e. The predicted octanol–water partition coefficient (Wildman–Crippen LogP) is 2.64. The van der Waals surface area contributed by atoms with Crippen molar-refractivity contribution in [2.75, 3.05) is 26.4 Å². The van der Waals surface area contributed by atoms with Gasteiger partial charge in [0.1, 0.15) is 12.4 Å². The molecule has 7 nitrogen and oxygen atoms in total. The van der Waals surface area contributed by atoms with Crippen LogP contribution in [-0.4, -0.2) is 74.1 Å². The molecule has 1 N–H and O–H groups in total. The smallest absolute Gasteiger partial charge is 0.163 e. The van der Waals surface area contributed by atoms with Crippen LogP contribution in [0, 0.1) is 5.92 Å². The lowest BCUT2D eigenvalue weighted by Gasteiger charge is -2.49. The van der Waals surface area contributed by atoms with Gasteiger partial charge in [0.15, 0.2) is 5.79 Å². The second kappa shape index (κ2) is 11.5. The van der Waals surface area contributed by atoms with Gasteiger partial charge in [0, 0.05) is 25.9 Å². The highest BCUT2D eigenvalue weighted by molar-refractivity contribution is 5.48. The van der Waals surface area contributed by atoms with Crippen LogP contribution >= 0.6 is 0 Å². The summed E-state index contributed by atoms with van der Waals surface area (Å²) in [4.78, 5) is 9.17. The minimum absolute atomic E-state index is 0.0200. The number of aliphatic hydroxyl groups excluding tert-OH is 1. The third kappa shape index (κ3) is 7.74. The largest absolute Gasteiger partial charge is 0.391 e. The van der Waals surface area contributed by atoms with Gasteiger partial charge in [-0.2, -0.15) is 0 Å². The zero-order valence-corrected chi connectivity index (χ0v) is 18.3. The normalized spacial score (nSPS) is 38.2. The van der Waals surface area contributed by atoms with Gasteiger partial charge in [-0.05, 0) is 31.8 Å². The third-order valence-corrected chi connectivity index (χ3v) is 5.53. The fourth-order valence-electron chi connectivity index (χ4n) is 3.65. The van der Waals surface area contributed by atoms with Crippen LogP contribution < -0.4 is 0 Å². The van der Waals surface area contributed by atoms with Crippen LogP contribution in [0.5, 0.6) is 0 Å². The summed E-state index contributed by atoms with van der Waals surface area (Å²) in [5.41, 5.74) is 1.25. The van der Waals surface area contributed by atoms with E-state index in [1.54, 1.807) is 0 Å². The molecule has 7 heteroatoms. The lowest BCUT2D eigenvalue weighted by molar-refractivity contribution is -0.344. The summed E-state index contributed by atoms with van der Waals surface area (Å²) in [6.45, 7) is 14.4. The first-order valence-corrected chi connectivity index (χ1v) is 10.7. The number of carbonyl (C=O) groups is 1. The predicted molar refractivity (Wildman–Crippen MR) is 109 cm³/mol. The summed E-state index contributed by atoms with van der Waals surface area (Å²) in [6, 6.07) is 0. The fraction of sp³-hybridized carbons (Fsp3) is 0.864. The molecule has 4 saturated heterocycles. The highest BCUT2D eigenvalue weighted by Gasteiger charge is 2.47. The zero-order valence-electron chi connectivity index (χ0n) is 18.3. The van der Waals surface area contributed by atoms with E-state index in [4.69, 9.17) is 23.7 Å². The van der Waals surface area contributed by atoms with Gasteiger partial charge in [-0.1, -0.05) is 20.4 Å². The minimum atomic E-state index is -0.536. The van der Waals surface area contributed by atoms with Crippen molar-refractivity contribution in [3.05, 3.63) is 12.2 Å². The molecule has 0 radical (unpaired) electrons. The Morgan fingerprint density at radius 3 is 2.48 bits per heavy atom. The zero-order chi connectivity index (χ0) is 21.4. The number of ether oxygens (including phenoxy) is 5. The first-order valence-electron chi connectivity index (χ1n) is 10.7. The Labute approximate surface area is 174 Å². The molecule has 4 unspecified atom stereocenters. The van der Waals surface area contributed by atoms with Gasteiger partial charge >= 0.3 is 0 Å². The Kier molecular flexibility index (Phi) is 9.72. The van der Waals surface area contributed by atoms with Crippen LogP contribution in [-0.2, 0) is 28.5 Å². The lowest BCUT2D eigenvalue weighted by Crippen LogP contribution is -2.59. The average Bonchev–Trinajstić information content (AvgIpc) is 2.69. The van der Waals surface area contributed by atoms with Gasteiger partial charge < -0.3 is 33.6 Å². The van der Waals surface area contributed by atoms with Crippen molar-refractivity contribution >= 4 is 6.29 Å². The second-order valence-corrected chi connectivity index (χ2v) is 8.55. The highest BCUT2D eigenvalue weighted by atomic mass is 16.7. The maximum atomic E-state index is 9.56. The molecule has 0 bridgehead atoms. The molecular weight excluding hydrogens is 376 g/mol. The molecule has 4 fully saturated rings. The van der Waals surface area contributed by atoms with Crippen molar-refractivity contribution in [3.8, 4) is 0 Å². The molecule has 0 aromatic heterocycles. The van der Waals surface area contributed by atoms with Gasteiger partial charge in [0.25, 0.3) is 0 Å². The summed E-state index contributed by atoms with van der Waals surface area (Å²) < 4.78 is 28.1. The summed E-state index contributed by atoms with van der Waals surface area (Å²) >= 11 is 0. The van der Waals surface area contributed by atoms with E-state index in [-0.39, 0.29) is 24.4 Å². The first kappa shape index (κ1) is 24.4. The van der Waals surface area contributed by atoms with Crippen LogP contribution in [0.2, 0.25) is 0 Å². The molecule has 4 aliphatic heterocycles. The van der Waals surface area contributed by atoms with Crippen molar-refractivity contribution in [1.82, 2.24) is 0 Å². The fourth-order valence-corrected chi connectivity index (χ4v) is 3.65. The molecule has 0 amide bonds. The van der Waals surface area contributed by atoms with Crippen LogP contribution in [0.25, 0.3) is 0 Å². The van der Waals surface area contributed by atoms with Gasteiger partial charge in [-0.3, -0.25) is 0 Å². The van der Waals surface area contributed by atoms with Crippen LogP contribution in [0.1, 0.15) is 53.4 Å². The van der Waals surface area contributed by atoms with Crippen molar-refractivity contribution in [1.29, 1.82) is 0 Å². The van der Waals surface area contributed by atoms with E-state index in [1.165, 1.54) is 5.57 Å². The summed E-state index contributed by atoms with van der Waals surface area (Å²) in [5, 5.41) is 9.56. The molecule has 4 aliphatic rings. The van der Waals surface area contributed by atoms with E-state index in [9.17, 15) is 9.90 Å². The molecule has 168 valence electrons. The van der Waals surface area contributed by atoms with E-state index in [2.05, 4.69) is 13.5 Å². The first-order chi connectivity index (χ1) is 13.8. The molecule has 6 atom stereocenters. The van der Waals surface area contributed by atoms with Gasteiger partial charge in [-0.15, -0.1) is 0 Å². The molecule has 0 aromatic carbocycles. The van der Waals surface area contributed by atoms with Crippen molar-refractivity contribution in [2.24, 2.45) is 5.92 Å². The van der Waals surface area contributed by atoms with E-state index >= 15 is 0 Å². The molecule has 0 aromatic rings. The Balaban J connectivity index is 0.000000208. The van der Waals surface area contributed by atoms with E-state index in [1.807, 2.05) is 20.8 Å². The quantitative estimate of drug-likeness (QED) is 0.522. The maximum absolute atomic E-state index is 9.56. The average molecular weight is 415 g/mol. The van der Waals surface area contributed by atoms with Gasteiger partial charge in [-0.25, -0.2) is 0 Å². The SMILES string of the molecule is C=C1COCCC1C.CC1(C)OCC2O[C@H]3CC(O)CO[C@H]3CC2O1.CCC=O. The topological polar surface area (TPSA) is 83.5 Å². The lowest BCUT2D eigenvalue weighted by atomic mass is 9.92. The number of aliphatic hydroxyl groups is 1. The highest BCUT2D eigenvalue weighted by Crippen LogP contribution is 2.35. The molecule has 0 saturated carbocycles. The van der Waals surface area contributed by atoms with E-state index in [0.29, 0.717) is 32.0 Å².